The Bertz CT molecular complexity index is 517. The van der Waals surface area contributed by atoms with Gasteiger partial charge in [-0.25, -0.2) is 0 Å². The van der Waals surface area contributed by atoms with Gasteiger partial charge in [0.05, 0.1) is 12.8 Å². The lowest BCUT2D eigenvalue weighted by atomic mass is 10.1. The van der Waals surface area contributed by atoms with E-state index >= 15 is 0 Å². The molecule has 0 aromatic heterocycles. The molecule has 0 bridgehead atoms. The maximum Gasteiger partial charge on any atom is 0.251 e. The van der Waals surface area contributed by atoms with E-state index in [1.54, 1.807) is 25.2 Å². The van der Waals surface area contributed by atoms with Crippen LogP contribution in [-0.2, 0) is 4.79 Å². The minimum absolute atomic E-state index is 0.208. The van der Waals surface area contributed by atoms with Crippen LogP contribution in [-0.4, -0.2) is 26.0 Å². The van der Waals surface area contributed by atoms with Crippen molar-refractivity contribution in [2.75, 3.05) is 19.5 Å². The Morgan fingerprint density at radius 1 is 1.26 bits per heavy atom. The van der Waals surface area contributed by atoms with Crippen LogP contribution in [0.5, 0.6) is 5.75 Å². The molecule has 1 aromatic carbocycles. The first kappa shape index (κ1) is 14.8. The molecule has 0 fully saturated rings. The molecule has 0 aliphatic heterocycles. The highest BCUT2D eigenvalue weighted by molar-refractivity contribution is 6.01. The third-order valence-corrected chi connectivity index (χ3v) is 2.37. The Labute approximate surface area is 112 Å². The molecular formula is C14H18N2O3. The van der Waals surface area contributed by atoms with Gasteiger partial charge in [-0.1, -0.05) is 5.57 Å². The van der Waals surface area contributed by atoms with E-state index < -0.39 is 0 Å². The summed E-state index contributed by atoms with van der Waals surface area (Å²) in [5, 5.41) is 5.23. The Morgan fingerprint density at radius 3 is 2.47 bits per heavy atom. The zero-order valence-electron chi connectivity index (χ0n) is 11.5. The predicted octanol–water partition coefficient (Wildman–Crippen LogP) is 1.96. The Morgan fingerprint density at radius 2 is 1.95 bits per heavy atom. The number of allylic oxidation sites excluding steroid dienone is 1. The highest BCUT2D eigenvalue weighted by Crippen LogP contribution is 2.25. The number of anilines is 1. The van der Waals surface area contributed by atoms with Crippen molar-refractivity contribution in [3.8, 4) is 5.75 Å². The van der Waals surface area contributed by atoms with Crippen LogP contribution in [0, 0.1) is 0 Å². The van der Waals surface area contributed by atoms with E-state index in [9.17, 15) is 9.59 Å². The van der Waals surface area contributed by atoms with E-state index in [-0.39, 0.29) is 11.8 Å². The number of ether oxygens (including phenoxy) is 1. The first-order chi connectivity index (χ1) is 8.97. The Balaban J connectivity index is 3.00. The second-order valence-electron chi connectivity index (χ2n) is 4.21. The topological polar surface area (TPSA) is 67.4 Å². The van der Waals surface area contributed by atoms with E-state index in [4.69, 9.17) is 4.74 Å². The molecule has 0 saturated heterocycles. The Kier molecular flexibility index (Phi) is 5.11. The summed E-state index contributed by atoms with van der Waals surface area (Å²) in [5.74, 6) is 0.00285. The molecule has 5 nitrogen and oxygen atoms in total. The molecule has 5 heteroatoms. The van der Waals surface area contributed by atoms with E-state index in [2.05, 4.69) is 10.6 Å². The van der Waals surface area contributed by atoms with Crippen LogP contribution in [0.3, 0.4) is 0 Å². The highest BCUT2D eigenvalue weighted by Gasteiger charge is 2.10. The zero-order chi connectivity index (χ0) is 14.4. The van der Waals surface area contributed by atoms with Crippen molar-refractivity contribution < 1.29 is 14.3 Å². The van der Waals surface area contributed by atoms with E-state index in [1.165, 1.54) is 13.2 Å². The maximum absolute atomic E-state index is 11.6. The number of nitrogens with one attached hydrogen (secondary N) is 2. The number of carbonyl (C=O) groups excluding carboxylic acids is 2. The van der Waals surface area contributed by atoms with Gasteiger partial charge in [0.1, 0.15) is 5.75 Å². The van der Waals surface area contributed by atoms with Gasteiger partial charge >= 0.3 is 0 Å². The average Bonchev–Trinajstić information content (AvgIpc) is 2.37. The number of rotatable bonds is 4. The molecule has 0 heterocycles. The monoisotopic (exact) mass is 262 g/mol. The number of amides is 2. The van der Waals surface area contributed by atoms with E-state index in [0.717, 1.165) is 5.57 Å². The third-order valence-electron chi connectivity index (χ3n) is 2.37. The van der Waals surface area contributed by atoms with Crippen molar-refractivity contribution in [3.63, 3.8) is 0 Å². The van der Waals surface area contributed by atoms with Crippen molar-refractivity contribution in [2.45, 2.75) is 13.8 Å². The Hall–Kier alpha value is -2.30. The molecule has 2 N–H and O–H groups in total. The van der Waals surface area contributed by atoms with Gasteiger partial charge in [-0.15, -0.1) is 0 Å². The molecule has 0 spiro atoms. The van der Waals surface area contributed by atoms with Gasteiger partial charge in [0.15, 0.2) is 0 Å². The highest BCUT2D eigenvalue weighted by atomic mass is 16.5. The van der Waals surface area contributed by atoms with Crippen LogP contribution in [0.2, 0.25) is 0 Å². The van der Waals surface area contributed by atoms with Gasteiger partial charge in [-0.05, 0) is 32.0 Å². The average molecular weight is 262 g/mol. The van der Waals surface area contributed by atoms with Gasteiger partial charge in [-0.2, -0.15) is 0 Å². The maximum atomic E-state index is 11.6. The fourth-order valence-corrected chi connectivity index (χ4v) is 1.51. The van der Waals surface area contributed by atoms with Gasteiger partial charge in [0.25, 0.3) is 5.91 Å². The zero-order valence-corrected chi connectivity index (χ0v) is 11.5. The second kappa shape index (κ2) is 6.58. The van der Waals surface area contributed by atoms with Crippen molar-refractivity contribution in [1.82, 2.24) is 5.32 Å². The summed E-state index contributed by atoms with van der Waals surface area (Å²) in [6.07, 6.45) is 1.49. The predicted molar refractivity (Wildman–Crippen MR) is 74.4 cm³/mol. The minimum Gasteiger partial charge on any atom is -0.495 e. The van der Waals surface area contributed by atoms with Crippen molar-refractivity contribution in [3.05, 3.63) is 35.4 Å². The van der Waals surface area contributed by atoms with Crippen molar-refractivity contribution >= 4 is 17.5 Å². The van der Waals surface area contributed by atoms with Gasteiger partial charge < -0.3 is 15.4 Å². The molecule has 0 aliphatic carbocycles. The minimum atomic E-state index is -0.231. The first-order valence-electron chi connectivity index (χ1n) is 5.84. The summed E-state index contributed by atoms with van der Waals surface area (Å²) in [6, 6.07) is 4.84. The van der Waals surface area contributed by atoms with Gasteiger partial charge in [0.2, 0.25) is 5.91 Å². The fourth-order valence-electron chi connectivity index (χ4n) is 1.51. The van der Waals surface area contributed by atoms with Crippen LogP contribution >= 0.6 is 0 Å². The first-order valence-corrected chi connectivity index (χ1v) is 5.84. The van der Waals surface area contributed by atoms with Crippen LogP contribution in [0.1, 0.15) is 24.2 Å². The lowest BCUT2D eigenvalue weighted by Gasteiger charge is -2.10. The molecule has 0 radical (unpaired) electrons. The molecule has 19 heavy (non-hydrogen) atoms. The SMILES string of the molecule is CNC(=O)c1ccc(NC(=O)C=C(C)C)c(OC)c1. The summed E-state index contributed by atoms with van der Waals surface area (Å²) in [7, 11) is 3.04. The number of hydrogen-bond acceptors (Lipinski definition) is 3. The lowest BCUT2D eigenvalue weighted by molar-refractivity contribution is -0.112. The summed E-state index contributed by atoms with van der Waals surface area (Å²) >= 11 is 0. The number of benzene rings is 1. The van der Waals surface area contributed by atoms with Crippen LogP contribution in [0.25, 0.3) is 0 Å². The molecule has 1 aromatic rings. The van der Waals surface area contributed by atoms with E-state index in [1.807, 2.05) is 13.8 Å². The van der Waals surface area contributed by atoms with Crippen LogP contribution in [0.4, 0.5) is 5.69 Å². The number of hydrogen-bond donors (Lipinski definition) is 2. The normalized spacial score (nSPS) is 9.47. The van der Waals surface area contributed by atoms with Gasteiger partial charge in [0, 0.05) is 18.7 Å². The molecule has 0 atom stereocenters. The van der Waals surface area contributed by atoms with Gasteiger partial charge in [-0.3, -0.25) is 9.59 Å². The molecular weight excluding hydrogens is 244 g/mol. The van der Waals surface area contributed by atoms with E-state index in [0.29, 0.717) is 17.0 Å². The number of carbonyl (C=O) groups is 2. The molecule has 2 amide bonds. The van der Waals surface area contributed by atoms with Crippen LogP contribution < -0.4 is 15.4 Å². The summed E-state index contributed by atoms with van der Waals surface area (Å²) < 4.78 is 5.17. The third kappa shape index (κ3) is 4.13. The molecule has 102 valence electrons. The summed E-state index contributed by atoms with van der Waals surface area (Å²) in [5.41, 5.74) is 1.90. The largest absolute Gasteiger partial charge is 0.495 e. The second-order valence-corrected chi connectivity index (χ2v) is 4.21. The van der Waals surface area contributed by atoms with Crippen molar-refractivity contribution in [1.29, 1.82) is 0 Å². The molecule has 0 unspecified atom stereocenters. The fraction of sp³-hybridized carbons (Fsp3) is 0.286. The molecule has 1 rings (SSSR count). The quantitative estimate of drug-likeness (QED) is 0.815. The standard InChI is InChI=1S/C14H18N2O3/c1-9(2)7-13(17)16-11-6-5-10(14(18)15-3)8-12(11)19-4/h5-8H,1-4H3,(H,15,18)(H,16,17). The summed E-state index contributed by atoms with van der Waals surface area (Å²) in [6.45, 7) is 3.68. The smallest absolute Gasteiger partial charge is 0.251 e. The number of methoxy groups -OCH3 is 1. The lowest BCUT2D eigenvalue weighted by Crippen LogP contribution is -2.18. The molecule has 0 saturated carbocycles. The molecule has 0 aliphatic rings. The summed E-state index contributed by atoms with van der Waals surface area (Å²) in [4.78, 5) is 23.1. The van der Waals surface area contributed by atoms with Crippen LogP contribution in [0.15, 0.2) is 29.8 Å². The van der Waals surface area contributed by atoms with Crippen molar-refractivity contribution in [2.24, 2.45) is 0 Å².